The van der Waals surface area contributed by atoms with Gasteiger partial charge in [-0.3, -0.25) is 4.52 Å². The van der Waals surface area contributed by atoms with Crippen LogP contribution in [-0.2, 0) is 13.9 Å². The zero-order valence-electron chi connectivity index (χ0n) is 11.8. The number of rotatable bonds is 13. The van der Waals surface area contributed by atoms with Crippen molar-refractivity contribution in [1.29, 1.82) is 0 Å². The summed E-state index contributed by atoms with van der Waals surface area (Å²) >= 11 is 0. The number of carboxylic acid groups (broad SMARTS) is 1. The van der Waals surface area contributed by atoms with Crippen LogP contribution in [0.2, 0.25) is 0 Å². The third-order valence-electron chi connectivity index (χ3n) is 2.93. The molecule has 0 bridgehead atoms. The summed E-state index contributed by atoms with van der Waals surface area (Å²) in [6, 6.07) is 0. The van der Waals surface area contributed by atoms with Gasteiger partial charge in [-0.25, -0.2) is 9.36 Å². The van der Waals surface area contributed by atoms with Gasteiger partial charge in [0.15, 0.2) is 0 Å². The quantitative estimate of drug-likeness (QED) is 0.274. The van der Waals surface area contributed by atoms with Gasteiger partial charge in [-0.15, -0.1) is 0 Å². The molecule has 3 N–H and O–H groups in total. The lowest BCUT2D eigenvalue weighted by molar-refractivity contribution is -0.132. The number of unbranched alkanes of at least 4 members (excludes halogenated alkanes) is 7. The Morgan fingerprint density at radius 3 is 1.85 bits per heavy atom. The molecule has 0 amide bonds. The van der Waals surface area contributed by atoms with E-state index in [1.807, 2.05) is 0 Å². The van der Waals surface area contributed by atoms with Crippen LogP contribution in [0.3, 0.4) is 0 Å². The minimum Gasteiger partial charge on any atom is -0.478 e. The van der Waals surface area contributed by atoms with Crippen LogP contribution in [0.5, 0.6) is 0 Å². The molecular weight excluding hydrogens is 283 g/mol. The molecule has 0 unspecified atom stereocenters. The van der Waals surface area contributed by atoms with Gasteiger partial charge in [0.1, 0.15) is 0 Å². The fourth-order valence-corrected chi connectivity index (χ4v) is 2.16. The molecule has 0 aliphatic rings. The summed E-state index contributed by atoms with van der Waals surface area (Å²) in [4.78, 5) is 27.4. The molecule has 0 heterocycles. The first-order chi connectivity index (χ1) is 9.33. The maximum absolute atomic E-state index is 10.5. The topological polar surface area (TPSA) is 104 Å². The van der Waals surface area contributed by atoms with Gasteiger partial charge in [0.25, 0.3) is 0 Å². The van der Waals surface area contributed by atoms with Crippen molar-refractivity contribution in [3.63, 3.8) is 0 Å². The molecule has 118 valence electrons. The maximum Gasteiger partial charge on any atom is 0.469 e. The Balaban J connectivity index is 3.20. The van der Waals surface area contributed by atoms with Crippen LogP contribution in [0, 0.1) is 0 Å². The lowest BCUT2D eigenvalue weighted by atomic mass is 10.1. The summed E-state index contributed by atoms with van der Waals surface area (Å²) in [5.41, 5.74) is 0.273. The van der Waals surface area contributed by atoms with E-state index in [-0.39, 0.29) is 12.2 Å². The number of phosphoric acid groups is 1. The van der Waals surface area contributed by atoms with E-state index in [2.05, 4.69) is 11.1 Å². The lowest BCUT2D eigenvalue weighted by Crippen LogP contribution is -1.98. The molecule has 20 heavy (non-hydrogen) atoms. The van der Waals surface area contributed by atoms with Gasteiger partial charge in [0.05, 0.1) is 6.61 Å². The molecule has 0 aromatic carbocycles. The van der Waals surface area contributed by atoms with Crippen molar-refractivity contribution in [3.05, 3.63) is 12.2 Å². The second kappa shape index (κ2) is 11.0. The first-order valence-corrected chi connectivity index (χ1v) is 8.47. The molecule has 0 aromatic rings. The van der Waals surface area contributed by atoms with Crippen molar-refractivity contribution < 1.29 is 28.8 Å². The normalized spacial score (nSPS) is 11.5. The molecule has 6 nitrogen and oxygen atoms in total. The predicted molar refractivity (Wildman–Crippen MR) is 76.3 cm³/mol. The Hall–Kier alpha value is -0.680. The third kappa shape index (κ3) is 13.7. The molecule has 0 radical (unpaired) electrons. The fraction of sp³-hybridized carbons (Fsp3) is 0.769. The third-order valence-corrected chi connectivity index (χ3v) is 3.45. The highest BCUT2D eigenvalue weighted by atomic mass is 31.2. The van der Waals surface area contributed by atoms with Crippen molar-refractivity contribution in [1.82, 2.24) is 0 Å². The number of aliphatic carboxylic acids is 1. The van der Waals surface area contributed by atoms with E-state index in [1.54, 1.807) is 0 Å². The highest BCUT2D eigenvalue weighted by molar-refractivity contribution is 7.46. The predicted octanol–water partition coefficient (Wildman–Crippen LogP) is 3.25. The summed E-state index contributed by atoms with van der Waals surface area (Å²) < 4.78 is 14.7. The summed E-state index contributed by atoms with van der Waals surface area (Å²) in [7, 11) is -4.30. The van der Waals surface area contributed by atoms with E-state index in [9.17, 15) is 9.36 Å². The summed E-state index contributed by atoms with van der Waals surface area (Å²) in [6.45, 7) is 3.58. The fourth-order valence-electron chi connectivity index (χ4n) is 1.79. The van der Waals surface area contributed by atoms with Crippen LogP contribution >= 0.6 is 7.82 Å². The van der Waals surface area contributed by atoms with Crippen LogP contribution in [-0.4, -0.2) is 27.5 Å². The van der Waals surface area contributed by atoms with E-state index in [4.69, 9.17) is 14.9 Å². The molecule has 0 fully saturated rings. The second-order valence-corrected chi connectivity index (χ2v) is 6.05. The van der Waals surface area contributed by atoms with Gasteiger partial charge in [-0.05, 0) is 19.3 Å². The average Bonchev–Trinajstić information content (AvgIpc) is 2.34. The number of phosphoric ester groups is 1. The van der Waals surface area contributed by atoms with Gasteiger partial charge < -0.3 is 14.9 Å². The number of hydrogen-bond donors (Lipinski definition) is 3. The van der Waals surface area contributed by atoms with Gasteiger partial charge in [-0.1, -0.05) is 45.1 Å². The molecule has 0 saturated heterocycles. The molecule has 0 rings (SSSR count). The van der Waals surface area contributed by atoms with Crippen molar-refractivity contribution >= 4 is 13.8 Å². The molecule has 0 atom stereocenters. The first kappa shape index (κ1) is 19.3. The maximum atomic E-state index is 10.5. The van der Waals surface area contributed by atoms with Crippen molar-refractivity contribution in [3.8, 4) is 0 Å². The van der Waals surface area contributed by atoms with Crippen molar-refractivity contribution in [2.45, 2.75) is 57.8 Å². The Labute approximate surface area is 120 Å². The summed E-state index contributed by atoms with van der Waals surface area (Å²) in [5.74, 6) is -0.914. The SMILES string of the molecule is C=C(CCCCCCCCCCOP(=O)(O)O)C(=O)O. The smallest absolute Gasteiger partial charge is 0.469 e. The van der Waals surface area contributed by atoms with E-state index in [0.29, 0.717) is 12.8 Å². The van der Waals surface area contributed by atoms with Gasteiger partial charge >= 0.3 is 13.8 Å². The Kier molecular flexibility index (Phi) is 10.7. The number of hydrogen-bond acceptors (Lipinski definition) is 3. The van der Waals surface area contributed by atoms with E-state index in [0.717, 1.165) is 44.9 Å². The Morgan fingerprint density at radius 2 is 1.40 bits per heavy atom. The number of carbonyl (C=O) groups is 1. The van der Waals surface area contributed by atoms with Gasteiger partial charge in [0, 0.05) is 5.57 Å². The van der Waals surface area contributed by atoms with Crippen LogP contribution in [0.1, 0.15) is 57.8 Å². The standard InChI is InChI=1S/C13H25O6P/c1-12(13(14)15)10-8-6-4-2-3-5-7-9-11-19-20(16,17)18/h1-11H2,(H,14,15)(H2,16,17,18). The summed E-state index contributed by atoms with van der Waals surface area (Å²) in [5, 5.41) is 8.62. The first-order valence-electron chi connectivity index (χ1n) is 6.94. The van der Waals surface area contributed by atoms with E-state index >= 15 is 0 Å². The molecule has 0 aliphatic heterocycles. The molecule has 0 spiro atoms. The van der Waals surface area contributed by atoms with E-state index < -0.39 is 13.8 Å². The minimum absolute atomic E-state index is 0.0988. The molecule has 7 heteroatoms. The zero-order valence-corrected chi connectivity index (χ0v) is 12.7. The monoisotopic (exact) mass is 308 g/mol. The van der Waals surface area contributed by atoms with Gasteiger partial charge in [0.2, 0.25) is 0 Å². The van der Waals surface area contributed by atoms with Crippen molar-refractivity contribution in [2.75, 3.05) is 6.61 Å². The van der Waals surface area contributed by atoms with Crippen LogP contribution in [0.25, 0.3) is 0 Å². The van der Waals surface area contributed by atoms with Crippen LogP contribution in [0.4, 0.5) is 0 Å². The van der Waals surface area contributed by atoms with Crippen molar-refractivity contribution in [2.24, 2.45) is 0 Å². The van der Waals surface area contributed by atoms with Gasteiger partial charge in [-0.2, -0.15) is 0 Å². The highest BCUT2D eigenvalue weighted by Crippen LogP contribution is 2.35. The average molecular weight is 308 g/mol. The highest BCUT2D eigenvalue weighted by Gasteiger charge is 2.12. The Bertz CT molecular complexity index is 336. The van der Waals surface area contributed by atoms with Crippen LogP contribution < -0.4 is 0 Å². The molecule has 0 aromatic heterocycles. The molecule has 0 aliphatic carbocycles. The second-order valence-electron chi connectivity index (χ2n) is 4.81. The van der Waals surface area contributed by atoms with Crippen LogP contribution in [0.15, 0.2) is 12.2 Å². The largest absolute Gasteiger partial charge is 0.478 e. The Morgan fingerprint density at radius 1 is 0.950 bits per heavy atom. The molecule has 0 saturated carbocycles. The zero-order chi connectivity index (χ0) is 15.4. The van der Waals surface area contributed by atoms with E-state index in [1.165, 1.54) is 0 Å². The molecular formula is C13H25O6P. The lowest BCUT2D eigenvalue weighted by Gasteiger charge is -2.05. The minimum atomic E-state index is -4.30. The summed E-state index contributed by atoms with van der Waals surface area (Å²) in [6.07, 6.45) is 8.25. The number of carboxylic acids is 1.